The highest BCUT2D eigenvalue weighted by molar-refractivity contribution is 6.37. The maximum atomic E-state index is 5.81. The summed E-state index contributed by atoms with van der Waals surface area (Å²) in [5, 5.41) is 1.02. The molecule has 0 fully saturated rings. The Morgan fingerprint density at radius 3 is 2.36 bits per heavy atom. The van der Waals surface area contributed by atoms with Crippen LogP contribution in [0, 0.1) is 0 Å². The van der Waals surface area contributed by atoms with Crippen LogP contribution in [-0.2, 0) is 6.54 Å². The molecule has 0 bridgehead atoms. The van der Waals surface area contributed by atoms with E-state index < -0.39 is 0 Å². The van der Waals surface area contributed by atoms with Crippen molar-refractivity contribution in [2.24, 2.45) is 5.73 Å². The van der Waals surface area contributed by atoms with Gasteiger partial charge in [0.05, 0.1) is 10.7 Å². The fourth-order valence-electron chi connectivity index (χ4n) is 0.803. The Morgan fingerprint density at radius 2 is 1.91 bits per heavy atom. The summed E-state index contributed by atoms with van der Waals surface area (Å²) in [6.45, 7) is 0.308. The smallest absolute Gasteiger partial charge is 0.0695 e. The molecule has 1 aromatic carbocycles. The number of rotatable bonds is 1. The molecule has 4 N–H and O–H groups in total. The maximum Gasteiger partial charge on any atom is 0.0695 e. The van der Waals surface area contributed by atoms with Crippen LogP contribution in [0.15, 0.2) is 12.1 Å². The molecule has 0 amide bonds. The third kappa shape index (κ3) is 1.59. The predicted molar refractivity (Wildman–Crippen MR) is 48.8 cm³/mol. The van der Waals surface area contributed by atoms with E-state index in [4.69, 9.17) is 34.7 Å². The van der Waals surface area contributed by atoms with E-state index in [1.807, 2.05) is 0 Å². The molecule has 0 aromatic heterocycles. The summed E-state index contributed by atoms with van der Waals surface area (Å²) >= 11 is 11.6. The van der Waals surface area contributed by atoms with E-state index in [-0.39, 0.29) is 0 Å². The van der Waals surface area contributed by atoms with Gasteiger partial charge in [-0.1, -0.05) is 23.2 Å². The lowest BCUT2D eigenvalue weighted by Crippen LogP contribution is -2.00. The second-order valence-electron chi connectivity index (χ2n) is 2.13. The van der Waals surface area contributed by atoms with Gasteiger partial charge in [-0.05, 0) is 12.1 Å². The number of benzene rings is 1. The molecule has 4 heteroatoms. The summed E-state index contributed by atoms with van der Waals surface area (Å²) in [4.78, 5) is 0. The average molecular weight is 191 g/mol. The Labute approximate surface area is 75.1 Å². The first-order chi connectivity index (χ1) is 5.16. The molecule has 0 saturated heterocycles. The van der Waals surface area contributed by atoms with E-state index in [9.17, 15) is 0 Å². The summed E-state index contributed by atoms with van der Waals surface area (Å²) in [6.07, 6.45) is 0. The Balaban J connectivity index is 3.29. The fraction of sp³-hybridized carbons (Fsp3) is 0.143. The van der Waals surface area contributed by atoms with Gasteiger partial charge in [-0.3, -0.25) is 0 Å². The molecule has 0 atom stereocenters. The standard InChI is InChI=1S/C7H8Cl2N2/c8-5-1-2-6(11)7(9)4(5)3-10/h1-2H,3,10-11H2. The summed E-state index contributed by atoms with van der Waals surface area (Å²) in [6, 6.07) is 3.34. The second kappa shape index (κ2) is 3.30. The molecule has 0 aliphatic rings. The van der Waals surface area contributed by atoms with Crippen molar-refractivity contribution in [3.05, 3.63) is 27.7 Å². The Kier molecular flexibility index (Phi) is 2.60. The van der Waals surface area contributed by atoms with Crippen molar-refractivity contribution in [1.29, 1.82) is 0 Å². The molecule has 0 saturated carbocycles. The van der Waals surface area contributed by atoms with Crippen molar-refractivity contribution in [3.8, 4) is 0 Å². The Hall–Kier alpha value is -0.440. The lowest BCUT2D eigenvalue weighted by atomic mass is 10.2. The first-order valence-electron chi connectivity index (χ1n) is 3.09. The van der Waals surface area contributed by atoms with Crippen LogP contribution in [0.3, 0.4) is 0 Å². The molecule has 0 heterocycles. The van der Waals surface area contributed by atoms with Crippen LogP contribution in [0.5, 0.6) is 0 Å². The third-order valence-corrected chi connectivity index (χ3v) is 2.22. The van der Waals surface area contributed by atoms with E-state index in [1.165, 1.54) is 0 Å². The molecule has 2 nitrogen and oxygen atoms in total. The third-order valence-electron chi connectivity index (χ3n) is 1.42. The predicted octanol–water partition coefficient (Wildman–Crippen LogP) is 2.03. The normalized spacial score (nSPS) is 10.1. The van der Waals surface area contributed by atoms with Gasteiger partial charge in [-0.2, -0.15) is 0 Å². The Bertz CT molecular complexity index is 273. The quantitative estimate of drug-likeness (QED) is 0.667. The number of anilines is 1. The Morgan fingerprint density at radius 1 is 1.27 bits per heavy atom. The van der Waals surface area contributed by atoms with Gasteiger partial charge in [0.1, 0.15) is 0 Å². The lowest BCUT2D eigenvalue weighted by Gasteiger charge is -2.05. The zero-order chi connectivity index (χ0) is 8.43. The first-order valence-corrected chi connectivity index (χ1v) is 3.85. The molecule has 0 spiro atoms. The summed E-state index contributed by atoms with van der Waals surface area (Å²) in [7, 11) is 0. The van der Waals surface area contributed by atoms with Gasteiger partial charge in [0.25, 0.3) is 0 Å². The number of hydrogen-bond acceptors (Lipinski definition) is 2. The molecule has 0 aliphatic heterocycles. The summed E-state index contributed by atoms with van der Waals surface area (Å²) in [5.74, 6) is 0. The molecular formula is C7H8Cl2N2. The van der Waals surface area contributed by atoms with Crippen molar-refractivity contribution < 1.29 is 0 Å². The molecular weight excluding hydrogens is 183 g/mol. The van der Waals surface area contributed by atoms with Crippen LogP contribution in [0.25, 0.3) is 0 Å². The summed E-state index contributed by atoms with van der Waals surface area (Å²) in [5.41, 5.74) is 12.1. The number of halogens is 2. The molecule has 0 radical (unpaired) electrons. The van der Waals surface area contributed by atoms with Crippen LogP contribution in [0.4, 0.5) is 5.69 Å². The minimum atomic E-state index is 0.308. The van der Waals surface area contributed by atoms with Crippen LogP contribution >= 0.6 is 23.2 Å². The molecule has 11 heavy (non-hydrogen) atoms. The van der Waals surface area contributed by atoms with Gasteiger partial charge in [-0.15, -0.1) is 0 Å². The lowest BCUT2D eigenvalue weighted by molar-refractivity contribution is 1.07. The minimum Gasteiger partial charge on any atom is -0.398 e. The van der Waals surface area contributed by atoms with Crippen molar-refractivity contribution >= 4 is 28.9 Å². The number of nitrogen functional groups attached to an aromatic ring is 1. The van der Waals surface area contributed by atoms with Crippen LogP contribution in [0.1, 0.15) is 5.56 Å². The van der Waals surface area contributed by atoms with Crippen LogP contribution in [0.2, 0.25) is 10.0 Å². The molecule has 0 aliphatic carbocycles. The zero-order valence-corrected chi connectivity index (χ0v) is 7.28. The molecule has 1 rings (SSSR count). The van der Waals surface area contributed by atoms with Gasteiger partial charge in [0.2, 0.25) is 0 Å². The topological polar surface area (TPSA) is 52.0 Å². The monoisotopic (exact) mass is 190 g/mol. The highest BCUT2D eigenvalue weighted by Crippen LogP contribution is 2.28. The highest BCUT2D eigenvalue weighted by atomic mass is 35.5. The van der Waals surface area contributed by atoms with Crippen molar-refractivity contribution in [1.82, 2.24) is 0 Å². The highest BCUT2D eigenvalue weighted by Gasteiger charge is 2.05. The van der Waals surface area contributed by atoms with Gasteiger partial charge in [0, 0.05) is 17.1 Å². The SMILES string of the molecule is NCc1c(Cl)ccc(N)c1Cl. The van der Waals surface area contributed by atoms with Gasteiger partial charge >= 0.3 is 0 Å². The van der Waals surface area contributed by atoms with E-state index in [0.717, 1.165) is 0 Å². The van der Waals surface area contributed by atoms with Gasteiger partial charge in [-0.25, -0.2) is 0 Å². The first kappa shape index (κ1) is 8.65. The number of nitrogens with two attached hydrogens (primary N) is 2. The van der Waals surface area contributed by atoms with Crippen molar-refractivity contribution in [2.45, 2.75) is 6.54 Å². The largest absolute Gasteiger partial charge is 0.398 e. The van der Waals surface area contributed by atoms with E-state index >= 15 is 0 Å². The van der Waals surface area contributed by atoms with E-state index in [1.54, 1.807) is 12.1 Å². The zero-order valence-electron chi connectivity index (χ0n) is 5.77. The molecule has 1 aromatic rings. The van der Waals surface area contributed by atoms with Gasteiger partial charge in [0.15, 0.2) is 0 Å². The van der Waals surface area contributed by atoms with Crippen molar-refractivity contribution in [3.63, 3.8) is 0 Å². The van der Waals surface area contributed by atoms with Crippen LogP contribution in [-0.4, -0.2) is 0 Å². The summed E-state index contributed by atoms with van der Waals surface area (Å²) < 4.78 is 0. The number of hydrogen-bond donors (Lipinski definition) is 2. The van der Waals surface area contributed by atoms with Crippen LogP contribution < -0.4 is 11.5 Å². The maximum absolute atomic E-state index is 5.81. The fourth-order valence-corrected chi connectivity index (χ4v) is 1.33. The molecule has 0 unspecified atom stereocenters. The van der Waals surface area contributed by atoms with E-state index in [2.05, 4.69) is 0 Å². The van der Waals surface area contributed by atoms with E-state index in [0.29, 0.717) is 27.8 Å². The average Bonchev–Trinajstić information content (AvgIpc) is 1.99. The minimum absolute atomic E-state index is 0.308. The van der Waals surface area contributed by atoms with Gasteiger partial charge < -0.3 is 11.5 Å². The van der Waals surface area contributed by atoms with Crippen molar-refractivity contribution in [2.75, 3.05) is 5.73 Å². The second-order valence-corrected chi connectivity index (χ2v) is 2.92. The molecule has 60 valence electrons.